The van der Waals surface area contributed by atoms with Gasteiger partial charge in [0.05, 0.1) is 7.11 Å². The number of carbonyl (C=O) groups is 2. The zero-order valence-corrected chi connectivity index (χ0v) is 16.1. The Bertz CT molecular complexity index is 814. The van der Waals surface area contributed by atoms with Crippen LogP contribution in [0.5, 0.6) is 11.5 Å². The number of rotatable bonds is 8. The lowest BCUT2D eigenvalue weighted by atomic mass is 10.1. The molecular weight excluding hydrogens is 400 g/mol. The second-order valence-corrected chi connectivity index (χ2v) is 6.12. The summed E-state index contributed by atoms with van der Waals surface area (Å²) >= 11 is 3.29. The number of carbonyl (C=O) groups excluding carboxylic acids is 2. The van der Waals surface area contributed by atoms with E-state index in [0.29, 0.717) is 21.5 Å². The standard InChI is InChI=1S/C20H19BrO5/c1-3-6-14-9-10-18(19(11-14)24-2)25-13-20(23)26-12-17(22)15-7-4-5-8-16(15)21/h3-11H,12-13H2,1-2H3/b6-3+. The van der Waals surface area contributed by atoms with Crippen LogP contribution in [0.15, 0.2) is 53.0 Å². The molecule has 0 spiro atoms. The Kier molecular flexibility index (Phi) is 7.41. The summed E-state index contributed by atoms with van der Waals surface area (Å²) in [7, 11) is 1.52. The van der Waals surface area contributed by atoms with Gasteiger partial charge in [0, 0.05) is 10.0 Å². The summed E-state index contributed by atoms with van der Waals surface area (Å²) in [5.74, 6) is 0.0108. The summed E-state index contributed by atoms with van der Waals surface area (Å²) in [6.07, 6.45) is 3.84. The molecule has 6 heteroatoms. The summed E-state index contributed by atoms with van der Waals surface area (Å²) in [6.45, 7) is 1.26. The van der Waals surface area contributed by atoms with Crippen molar-refractivity contribution in [1.82, 2.24) is 0 Å². The van der Waals surface area contributed by atoms with Crippen molar-refractivity contribution in [3.8, 4) is 11.5 Å². The van der Waals surface area contributed by atoms with E-state index in [-0.39, 0.29) is 19.0 Å². The van der Waals surface area contributed by atoms with Crippen molar-refractivity contribution >= 4 is 33.8 Å². The molecule has 0 saturated carbocycles. The molecule has 0 heterocycles. The second-order valence-electron chi connectivity index (χ2n) is 5.26. The number of esters is 1. The molecule has 5 nitrogen and oxygen atoms in total. The molecule has 2 aromatic carbocycles. The van der Waals surface area contributed by atoms with E-state index in [1.165, 1.54) is 7.11 Å². The maximum absolute atomic E-state index is 12.1. The van der Waals surface area contributed by atoms with Crippen LogP contribution in [0.2, 0.25) is 0 Å². The minimum atomic E-state index is -0.634. The maximum Gasteiger partial charge on any atom is 0.344 e. The first-order valence-electron chi connectivity index (χ1n) is 7.92. The molecule has 0 aliphatic rings. The van der Waals surface area contributed by atoms with Crippen LogP contribution in [0.1, 0.15) is 22.8 Å². The molecule has 0 aliphatic heterocycles. The average Bonchev–Trinajstić information content (AvgIpc) is 2.65. The summed E-state index contributed by atoms with van der Waals surface area (Å²) in [5, 5.41) is 0. The van der Waals surface area contributed by atoms with Crippen LogP contribution < -0.4 is 9.47 Å². The highest BCUT2D eigenvalue weighted by atomic mass is 79.9. The number of benzene rings is 2. The first-order valence-corrected chi connectivity index (χ1v) is 8.71. The Morgan fingerprint density at radius 3 is 2.54 bits per heavy atom. The van der Waals surface area contributed by atoms with Crippen molar-refractivity contribution in [2.45, 2.75) is 6.92 Å². The zero-order chi connectivity index (χ0) is 18.9. The maximum atomic E-state index is 12.1. The first kappa shape index (κ1) is 19.7. The quantitative estimate of drug-likeness (QED) is 0.472. The minimum absolute atomic E-state index is 0.292. The average molecular weight is 419 g/mol. The van der Waals surface area contributed by atoms with Crippen molar-refractivity contribution < 1.29 is 23.8 Å². The van der Waals surface area contributed by atoms with Crippen LogP contribution in [0.25, 0.3) is 6.08 Å². The number of ketones is 1. The van der Waals surface area contributed by atoms with Crippen LogP contribution in [-0.2, 0) is 9.53 Å². The number of methoxy groups -OCH3 is 1. The first-order chi connectivity index (χ1) is 12.5. The molecular formula is C20H19BrO5. The van der Waals surface area contributed by atoms with Gasteiger partial charge in [0.1, 0.15) is 0 Å². The predicted octanol–water partition coefficient (Wildman–Crippen LogP) is 4.30. The zero-order valence-electron chi connectivity index (χ0n) is 14.5. The lowest BCUT2D eigenvalue weighted by Crippen LogP contribution is -2.19. The molecule has 2 aromatic rings. The molecule has 2 rings (SSSR count). The highest BCUT2D eigenvalue weighted by Gasteiger charge is 2.14. The van der Waals surface area contributed by atoms with Gasteiger partial charge >= 0.3 is 5.97 Å². The van der Waals surface area contributed by atoms with E-state index in [0.717, 1.165) is 5.56 Å². The molecule has 0 atom stereocenters. The third-order valence-corrected chi connectivity index (χ3v) is 4.12. The fraction of sp³-hybridized carbons (Fsp3) is 0.200. The third kappa shape index (κ3) is 5.46. The van der Waals surface area contributed by atoms with E-state index < -0.39 is 5.97 Å². The van der Waals surface area contributed by atoms with Crippen LogP contribution in [-0.4, -0.2) is 32.1 Å². The molecule has 0 unspecified atom stereocenters. The van der Waals surface area contributed by atoms with E-state index in [2.05, 4.69) is 15.9 Å². The monoisotopic (exact) mass is 418 g/mol. The highest BCUT2D eigenvalue weighted by molar-refractivity contribution is 9.10. The molecule has 0 saturated heterocycles. The van der Waals surface area contributed by atoms with Crippen LogP contribution >= 0.6 is 15.9 Å². The molecule has 136 valence electrons. The molecule has 0 amide bonds. The van der Waals surface area contributed by atoms with Crippen LogP contribution in [0, 0.1) is 0 Å². The van der Waals surface area contributed by atoms with E-state index in [9.17, 15) is 9.59 Å². The fourth-order valence-corrected chi connectivity index (χ4v) is 2.69. The van der Waals surface area contributed by atoms with Gasteiger partial charge in [0.25, 0.3) is 0 Å². The molecule has 0 aliphatic carbocycles. The number of ether oxygens (including phenoxy) is 3. The number of hydrogen-bond donors (Lipinski definition) is 0. The van der Waals surface area contributed by atoms with Crippen molar-refractivity contribution in [2.75, 3.05) is 20.3 Å². The second kappa shape index (κ2) is 9.77. The number of halogens is 1. The summed E-state index contributed by atoms with van der Waals surface area (Å²) in [6, 6.07) is 12.3. The molecule has 0 aromatic heterocycles. The SMILES string of the molecule is C/C=C/c1ccc(OCC(=O)OCC(=O)c2ccccc2Br)c(OC)c1. The smallest absolute Gasteiger partial charge is 0.344 e. The molecule has 0 radical (unpaired) electrons. The Morgan fingerprint density at radius 1 is 1.08 bits per heavy atom. The van der Waals surface area contributed by atoms with Gasteiger partial charge < -0.3 is 14.2 Å². The summed E-state index contributed by atoms with van der Waals surface area (Å²) < 4.78 is 16.3. The van der Waals surface area contributed by atoms with Gasteiger partial charge in [0.15, 0.2) is 24.7 Å². The van der Waals surface area contributed by atoms with Gasteiger partial charge in [-0.15, -0.1) is 0 Å². The molecule has 0 bridgehead atoms. The lowest BCUT2D eigenvalue weighted by molar-refractivity contribution is -0.144. The Labute approximate surface area is 160 Å². The Morgan fingerprint density at radius 2 is 1.85 bits per heavy atom. The topological polar surface area (TPSA) is 61.8 Å². The Balaban J connectivity index is 1.89. The number of allylic oxidation sites excluding steroid dienone is 1. The molecule has 26 heavy (non-hydrogen) atoms. The third-order valence-electron chi connectivity index (χ3n) is 3.43. The summed E-state index contributed by atoms with van der Waals surface area (Å²) in [5.41, 5.74) is 1.42. The van der Waals surface area contributed by atoms with Crippen molar-refractivity contribution in [3.63, 3.8) is 0 Å². The number of Topliss-reactive ketones (excluding diaryl/α,β-unsaturated/α-hetero) is 1. The molecule has 0 N–H and O–H groups in total. The van der Waals surface area contributed by atoms with Gasteiger partial charge in [0.2, 0.25) is 5.78 Å². The molecule has 0 fully saturated rings. The van der Waals surface area contributed by atoms with Gasteiger partial charge in [-0.05, 0) is 30.7 Å². The van der Waals surface area contributed by atoms with E-state index in [4.69, 9.17) is 14.2 Å². The fourth-order valence-electron chi connectivity index (χ4n) is 2.19. The van der Waals surface area contributed by atoms with E-state index in [1.807, 2.05) is 25.1 Å². The van der Waals surface area contributed by atoms with Gasteiger partial charge in [-0.2, -0.15) is 0 Å². The lowest BCUT2D eigenvalue weighted by Gasteiger charge is -2.11. The largest absolute Gasteiger partial charge is 0.493 e. The normalized spacial score (nSPS) is 10.6. The highest BCUT2D eigenvalue weighted by Crippen LogP contribution is 2.28. The van der Waals surface area contributed by atoms with Crippen LogP contribution in [0.4, 0.5) is 0 Å². The van der Waals surface area contributed by atoms with Gasteiger partial charge in [-0.1, -0.05) is 52.3 Å². The van der Waals surface area contributed by atoms with E-state index in [1.54, 1.807) is 36.4 Å². The van der Waals surface area contributed by atoms with Crippen molar-refractivity contribution in [2.24, 2.45) is 0 Å². The number of hydrogen-bond acceptors (Lipinski definition) is 5. The minimum Gasteiger partial charge on any atom is -0.493 e. The summed E-state index contributed by atoms with van der Waals surface area (Å²) in [4.78, 5) is 23.9. The van der Waals surface area contributed by atoms with Gasteiger partial charge in [-0.25, -0.2) is 4.79 Å². The predicted molar refractivity (Wildman–Crippen MR) is 103 cm³/mol. The van der Waals surface area contributed by atoms with Crippen LogP contribution in [0.3, 0.4) is 0 Å². The van der Waals surface area contributed by atoms with Gasteiger partial charge in [-0.3, -0.25) is 4.79 Å². The van der Waals surface area contributed by atoms with E-state index >= 15 is 0 Å². The van der Waals surface area contributed by atoms with Crippen molar-refractivity contribution in [3.05, 3.63) is 64.1 Å². The Hall–Kier alpha value is -2.60. The van der Waals surface area contributed by atoms with Crippen molar-refractivity contribution in [1.29, 1.82) is 0 Å².